The number of rotatable bonds is 7. The zero-order valence-corrected chi connectivity index (χ0v) is 11.2. The summed E-state index contributed by atoms with van der Waals surface area (Å²) in [6.45, 7) is 2.13. The maximum Gasteiger partial charge on any atom is 0.124 e. The smallest absolute Gasteiger partial charge is 0.124 e. The van der Waals surface area contributed by atoms with Gasteiger partial charge in [0.25, 0.3) is 0 Å². The minimum atomic E-state index is -1.08. The summed E-state index contributed by atoms with van der Waals surface area (Å²) in [5.74, 6) is 0.277. The standard InChI is InChI=1S/C13H20FNOS/c1-3-12(15-2)7-5-9-17(16)13-8-4-6-11(14)10-13/h4,6,8,10,12,15H,3,5,7,9H2,1-2H3. The lowest BCUT2D eigenvalue weighted by atomic mass is 10.1. The number of hydrogen-bond acceptors (Lipinski definition) is 2. The van der Waals surface area contributed by atoms with Gasteiger partial charge in [-0.15, -0.1) is 0 Å². The number of hydrogen-bond donors (Lipinski definition) is 1. The van der Waals surface area contributed by atoms with Gasteiger partial charge < -0.3 is 5.32 Å². The monoisotopic (exact) mass is 257 g/mol. The van der Waals surface area contributed by atoms with E-state index >= 15 is 0 Å². The van der Waals surface area contributed by atoms with Gasteiger partial charge in [-0.2, -0.15) is 0 Å². The fourth-order valence-corrected chi connectivity index (χ4v) is 2.88. The number of halogens is 1. The van der Waals surface area contributed by atoms with Crippen LogP contribution in [0.15, 0.2) is 29.2 Å². The zero-order valence-electron chi connectivity index (χ0n) is 10.4. The van der Waals surface area contributed by atoms with Gasteiger partial charge in [0.1, 0.15) is 5.82 Å². The predicted octanol–water partition coefficient (Wildman–Crippen LogP) is 2.71. The van der Waals surface area contributed by atoms with Gasteiger partial charge in [0.05, 0.1) is 10.8 Å². The van der Waals surface area contributed by atoms with E-state index in [1.807, 2.05) is 7.05 Å². The van der Waals surface area contributed by atoms with Crippen LogP contribution in [0.25, 0.3) is 0 Å². The lowest BCUT2D eigenvalue weighted by Crippen LogP contribution is -2.24. The average Bonchev–Trinajstić information content (AvgIpc) is 2.34. The Balaban J connectivity index is 2.40. The highest BCUT2D eigenvalue weighted by atomic mass is 32.2. The van der Waals surface area contributed by atoms with E-state index in [2.05, 4.69) is 12.2 Å². The molecule has 0 fully saturated rings. The molecule has 4 heteroatoms. The highest BCUT2D eigenvalue weighted by Crippen LogP contribution is 2.11. The average molecular weight is 257 g/mol. The fraction of sp³-hybridized carbons (Fsp3) is 0.538. The van der Waals surface area contributed by atoms with Crippen LogP contribution in [0.4, 0.5) is 4.39 Å². The molecule has 0 saturated heterocycles. The lowest BCUT2D eigenvalue weighted by molar-refractivity contribution is 0.503. The third kappa shape index (κ3) is 4.96. The molecule has 0 aliphatic heterocycles. The first-order chi connectivity index (χ1) is 8.17. The van der Waals surface area contributed by atoms with Gasteiger partial charge in [-0.3, -0.25) is 4.21 Å². The Hall–Kier alpha value is -0.740. The molecule has 0 saturated carbocycles. The van der Waals surface area contributed by atoms with Crippen LogP contribution in [0.2, 0.25) is 0 Å². The van der Waals surface area contributed by atoms with Crippen molar-refractivity contribution in [2.24, 2.45) is 0 Å². The predicted molar refractivity (Wildman–Crippen MR) is 70.0 cm³/mol. The lowest BCUT2D eigenvalue weighted by Gasteiger charge is -2.12. The topological polar surface area (TPSA) is 29.1 Å². The molecule has 1 aromatic carbocycles. The van der Waals surface area contributed by atoms with Crippen LogP contribution >= 0.6 is 0 Å². The SMILES string of the molecule is CCC(CCCS(=O)c1cccc(F)c1)NC. The maximum atomic E-state index is 12.9. The van der Waals surface area contributed by atoms with E-state index in [0.29, 0.717) is 16.7 Å². The molecule has 1 rings (SSSR count). The minimum absolute atomic E-state index is 0.322. The Morgan fingerprint density at radius 3 is 2.82 bits per heavy atom. The summed E-state index contributed by atoms with van der Waals surface area (Å²) in [6.07, 6.45) is 2.97. The highest BCUT2D eigenvalue weighted by molar-refractivity contribution is 7.85. The number of benzene rings is 1. The molecule has 0 bridgehead atoms. The molecule has 0 radical (unpaired) electrons. The summed E-state index contributed by atoms with van der Waals surface area (Å²) in [5, 5.41) is 3.22. The molecule has 0 aliphatic rings. The normalized spacial score (nSPS) is 14.5. The summed E-state index contributed by atoms with van der Waals surface area (Å²) >= 11 is 0. The van der Waals surface area contributed by atoms with E-state index in [9.17, 15) is 8.60 Å². The molecule has 1 aromatic rings. The molecule has 0 aliphatic carbocycles. The van der Waals surface area contributed by atoms with Crippen molar-refractivity contribution < 1.29 is 8.60 Å². The summed E-state index contributed by atoms with van der Waals surface area (Å²) in [6, 6.07) is 6.53. The summed E-state index contributed by atoms with van der Waals surface area (Å²) in [4.78, 5) is 0.586. The minimum Gasteiger partial charge on any atom is -0.317 e. The fourth-order valence-electron chi connectivity index (χ4n) is 1.74. The van der Waals surface area contributed by atoms with E-state index in [1.54, 1.807) is 12.1 Å². The van der Waals surface area contributed by atoms with Crippen molar-refractivity contribution in [3.8, 4) is 0 Å². The molecule has 17 heavy (non-hydrogen) atoms. The highest BCUT2D eigenvalue weighted by Gasteiger charge is 2.07. The molecular weight excluding hydrogens is 237 g/mol. The Bertz CT molecular complexity index is 366. The van der Waals surface area contributed by atoms with Crippen molar-refractivity contribution in [2.45, 2.75) is 37.1 Å². The van der Waals surface area contributed by atoms with Crippen molar-refractivity contribution in [1.29, 1.82) is 0 Å². The van der Waals surface area contributed by atoms with E-state index in [4.69, 9.17) is 0 Å². The molecule has 0 aromatic heterocycles. The molecule has 2 nitrogen and oxygen atoms in total. The van der Waals surface area contributed by atoms with Gasteiger partial charge in [-0.25, -0.2) is 4.39 Å². The number of nitrogens with one attached hydrogen (secondary N) is 1. The van der Waals surface area contributed by atoms with Crippen LogP contribution < -0.4 is 5.32 Å². The van der Waals surface area contributed by atoms with Crippen molar-refractivity contribution in [3.63, 3.8) is 0 Å². The van der Waals surface area contributed by atoms with Crippen LogP contribution in [-0.4, -0.2) is 23.1 Å². The Morgan fingerprint density at radius 1 is 1.47 bits per heavy atom. The molecule has 2 unspecified atom stereocenters. The van der Waals surface area contributed by atoms with E-state index in [-0.39, 0.29) is 5.82 Å². The first-order valence-corrected chi connectivity index (χ1v) is 7.30. The van der Waals surface area contributed by atoms with Crippen molar-refractivity contribution in [3.05, 3.63) is 30.1 Å². The van der Waals surface area contributed by atoms with Crippen molar-refractivity contribution in [1.82, 2.24) is 5.32 Å². The van der Waals surface area contributed by atoms with Crippen LogP contribution in [0.1, 0.15) is 26.2 Å². The molecule has 0 heterocycles. The van der Waals surface area contributed by atoms with Crippen molar-refractivity contribution in [2.75, 3.05) is 12.8 Å². The summed E-state index contributed by atoms with van der Waals surface area (Å²) in [7, 11) is 0.860. The second-order valence-corrected chi connectivity index (χ2v) is 5.61. The Kier molecular flexibility index (Phi) is 6.37. The second-order valence-electron chi connectivity index (χ2n) is 4.04. The first kappa shape index (κ1) is 14.3. The molecule has 1 N–H and O–H groups in total. The largest absolute Gasteiger partial charge is 0.317 e. The Labute approximate surface area is 105 Å². The van der Waals surface area contributed by atoms with E-state index < -0.39 is 10.8 Å². The van der Waals surface area contributed by atoms with E-state index in [1.165, 1.54) is 12.1 Å². The van der Waals surface area contributed by atoms with Crippen molar-refractivity contribution >= 4 is 10.8 Å². The molecule has 2 atom stereocenters. The van der Waals surface area contributed by atoms with Crippen LogP contribution in [0.3, 0.4) is 0 Å². The Morgan fingerprint density at radius 2 is 2.24 bits per heavy atom. The quantitative estimate of drug-likeness (QED) is 0.813. The van der Waals surface area contributed by atoms with Crippen LogP contribution in [-0.2, 0) is 10.8 Å². The maximum absolute atomic E-state index is 12.9. The summed E-state index contributed by atoms with van der Waals surface area (Å²) < 4.78 is 24.8. The van der Waals surface area contributed by atoms with E-state index in [0.717, 1.165) is 19.3 Å². The molecule has 0 amide bonds. The van der Waals surface area contributed by atoms with Crippen LogP contribution in [0, 0.1) is 5.82 Å². The van der Waals surface area contributed by atoms with Crippen LogP contribution in [0.5, 0.6) is 0 Å². The molecule has 0 spiro atoms. The summed E-state index contributed by atoms with van der Waals surface area (Å²) in [5.41, 5.74) is 0. The second kappa shape index (κ2) is 7.56. The third-order valence-electron chi connectivity index (χ3n) is 2.84. The first-order valence-electron chi connectivity index (χ1n) is 5.98. The van der Waals surface area contributed by atoms with Gasteiger partial charge >= 0.3 is 0 Å². The molecule has 96 valence electrons. The molecular formula is C13H20FNOS. The van der Waals surface area contributed by atoms with Gasteiger partial charge in [0.2, 0.25) is 0 Å². The van der Waals surface area contributed by atoms with Gasteiger partial charge in [-0.05, 0) is 44.5 Å². The van der Waals surface area contributed by atoms with Gasteiger partial charge in [-0.1, -0.05) is 13.0 Å². The van der Waals surface area contributed by atoms with Gasteiger partial charge in [0.15, 0.2) is 0 Å². The van der Waals surface area contributed by atoms with Gasteiger partial charge in [0, 0.05) is 16.7 Å². The third-order valence-corrected chi connectivity index (χ3v) is 4.28. The zero-order chi connectivity index (χ0) is 12.7.